The number of carbonyl (C=O) groups excluding carboxylic acids is 3. The minimum atomic E-state index is -1.36. The summed E-state index contributed by atoms with van der Waals surface area (Å²) in [4.78, 5) is 47.3. The quantitative estimate of drug-likeness (QED) is 0.201. The van der Waals surface area contributed by atoms with Crippen molar-refractivity contribution in [3.63, 3.8) is 0 Å². The van der Waals surface area contributed by atoms with Crippen LogP contribution in [0.2, 0.25) is 0 Å². The Kier molecular flexibility index (Phi) is 10.1. The standard InChI is InChI=1S/C18H26N4O6S/c1-10(23)15(18(28)21-13(9-29)17(27)20-8-14(24)25)22-16(26)12(19)7-11-5-3-2-4-6-11/h2-6,10,12-13,15,23,29H,7-9,19H2,1H3,(H,20,27)(H,21,28)(H,22,26)(H,24,25). The number of aliphatic hydroxyl groups is 1. The molecule has 0 aliphatic heterocycles. The lowest BCUT2D eigenvalue weighted by Crippen LogP contribution is -2.59. The van der Waals surface area contributed by atoms with Gasteiger partial charge in [0, 0.05) is 5.75 Å². The Balaban J connectivity index is 2.71. The zero-order valence-corrected chi connectivity index (χ0v) is 16.8. The van der Waals surface area contributed by atoms with Crippen LogP contribution in [0.4, 0.5) is 0 Å². The van der Waals surface area contributed by atoms with Crippen molar-refractivity contribution in [2.75, 3.05) is 12.3 Å². The van der Waals surface area contributed by atoms with Gasteiger partial charge in [0.25, 0.3) is 0 Å². The van der Waals surface area contributed by atoms with Crippen LogP contribution in [-0.2, 0) is 25.6 Å². The van der Waals surface area contributed by atoms with Crippen LogP contribution in [-0.4, -0.2) is 70.4 Å². The summed E-state index contributed by atoms with van der Waals surface area (Å²) in [5.41, 5.74) is 6.72. The van der Waals surface area contributed by atoms with E-state index in [0.717, 1.165) is 5.56 Å². The average molecular weight is 426 g/mol. The molecule has 0 bridgehead atoms. The van der Waals surface area contributed by atoms with E-state index in [4.69, 9.17) is 10.8 Å². The monoisotopic (exact) mass is 426 g/mol. The molecule has 0 saturated carbocycles. The Labute approximate surface area is 173 Å². The van der Waals surface area contributed by atoms with Crippen LogP contribution in [0.3, 0.4) is 0 Å². The first-order valence-corrected chi connectivity index (χ1v) is 9.47. The van der Waals surface area contributed by atoms with E-state index < -0.39 is 54.5 Å². The lowest BCUT2D eigenvalue weighted by molar-refractivity contribution is -0.138. The first kappa shape index (κ1) is 24.4. The number of carboxylic acid groups (broad SMARTS) is 1. The molecule has 0 radical (unpaired) electrons. The number of carboxylic acids is 1. The maximum atomic E-state index is 12.5. The predicted octanol–water partition coefficient (Wildman–Crippen LogP) is -1.96. The molecule has 7 N–H and O–H groups in total. The SMILES string of the molecule is CC(O)C(NC(=O)C(N)Cc1ccccc1)C(=O)NC(CS)C(=O)NCC(=O)O. The van der Waals surface area contributed by atoms with E-state index in [1.54, 1.807) is 24.3 Å². The van der Waals surface area contributed by atoms with E-state index in [1.165, 1.54) is 6.92 Å². The molecular weight excluding hydrogens is 400 g/mol. The maximum absolute atomic E-state index is 12.5. The van der Waals surface area contributed by atoms with E-state index in [0.29, 0.717) is 0 Å². The smallest absolute Gasteiger partial charge is 0.322 e. The van der Waals surface area contributed by atoms with E-state index >= 15 is 0 Å². The van der Waals surface area contributed by atoms with Gasteiger partial charge >= 0.3 is 5.97 Å². The number of nitrogens with two attached hydrogens (primary N) is 1. The Bertz CT molecular complexity index is 716. The molecule has 0 spiro atoms. The van der Waals surface area contributed by atoms with Crippen molar-refractivity contribution in [3.05, 3.63) is 35.9 Å². The van der Waals surface area contributed by atoms with Gasteiger partial charge in [0.05, 0.1) is 12.1 Å². The van der Waals surface area contributed by atoms with Crippen LogP contribution in [0, 0.1) is 0 Å². The summed E-state index contributed by atoms with van der Waals surface area (Å²) in [7, 11) is 0. The highest BCUT2D eigenvalue weighted by Crippen LogP contribution is 2.03. The largest absolute Gasteiger partial charge is 0.480 e. The molecule has 0 heterocycles. The highest BCUT2D eigenvalue weighted by molar-refractivity contribution is 7.80. The van der Waals surface area contributed by atoms with Crippen LogP contribution >= 0.6 is 12.6 Å². The number of hydrogen-bond acceptors (Lipinski definition) is 7. The molecule has 1 aromatic carbocycles. The third kappa shape index (κ3) is 8.50. The molecule has 160 valence electrons. The van der Waals surface area contributed by atoms with Gasteiger partial charge in [0.15, 0.2) is 0 Å². The minimum absolute atomic E-state index is 0.120. The fourth-order valence-electron chi connectivity index (χ4n) is 2.37. The second-order valence-corrected chi connectivity index (χ2v) is 6.74. The van der Waals surface area contributed by atoms with Gasteiger partial charge in [-0.2, -0.15) is 12.6 Å². The van der Waals surface area contributed by atoms with E-state index in [-0.39, 0.29) is 12.2 Å². The molecule has 0 aliphatic carbocycles. The van der Waals surface area contributed by atoms with Crippen molar-refractivity contribution in [1.82, 2.24) is 16.0 Å². The summed E-state index contributed by atoms with van der Waals surface area (Å²) in [6.07, 6.45) is -1.04. The highest BCUT2D eigenvalue weighted by atomic mass is 32.1. The van der Waals surface area contributed by atoms with Gasteiger partial charge in [0.1, 0.15) is 18.6 Å². The molecule has 4 unspecified atom stereocenters. The third-order valence-corrected chi connectivity index (χ3v) is 4.29. The topological polar surface area (TPSA) is 171 Å². The molecular formula is C18H26N4O6S. The minimum Gasteiger partial charge on any atom is -0.480 e. The van der Waals surface area contributed by atoms with Crippen molar-refractivity contribution in [2.45, 2.75) is 37.6 Å². The van der Waals surface area contributed by atoms with Crippen LogP contribution in [0.25, 0.3) is 0 Å². The Morgan fingerprint density at radius 2 is 1.69 bits per heavy atom. The number of amides is 3. The van der Waals surface area contributed by atoms with Crippen molar-refractivity contribution in [3.8, 4) is 0 Å². The maximum Gasteiger partial charge on any atom is 0.322 e. The van der Waals surface area contributed by atoms with Crippen LogP contribution in [0.1, 0.15) is 12.5 Å². The molecule has 0 saturated heterocycles. The van der Waals surface area contributed by atoms with Crippen molar-refractivity contribution in [1.29, 1.82) is 0 Å². The molecule has 0 fully saturated rings. The second-order valence-electron chi connectivity index (χ2n) is 6.38. The van der Waals surface area contributed by atoms with Crippen LogP contribution < -0.4 is 21.7 Å². The summed E-state index contributed by atoms with van der Waals surface area (Å²) in [5.74, 6) is -3.60. The fourth-order valence-corrected chi connectivity index (χ4v) is 2.62. The number of aliphatic carboxylic acids is 1. The van der Waals surface area contributed by atoms with E-state index in [2.05, 4.69) is 28.6 Å². The number of hydrogen-bond donors (Lipinski definition) is 7. The van der Waals surface area contributed by atoms with E-state index in [9.17, 15) is 24.3 Å². The van der Waals surface area contributed by atoms with Crippen molar-refractivity contribution >= 4 is 36.3 Å². The van der Waals surface area contributed by atoms with Gasteiger partial charge in [-0.3, -0.25) is 19.2 Å². The molecule has 10 nitrogen and oxygen atoms in total. The number of carbonyl (C=O) groups is 4. The molecule has 1 aromatic rings. The van der Waals surface area contributed by atoms with Gasteiger partial charge in [-0.15, -0.1) is 0 Å². The predicted molar refractivity (Wildman–Crippen MR) is 108 cm³/mol. The average Bonchev–Trinajstić information content (AvgIpc) is 2.68. The molecule has 3 amide bonds. The lowest BCUT2D eigenvalue weighted by atomic mass is 10.0. The second kappa shape index (κ2) is 12.0. The number of aliphatic hydroxyl groups excluding tert-OH is 1. The summed E-state index contributed by atoms with van der Waals surface area (Å²) >= 11 is 3.96. The zero-order chi connectivity index (χ0) is 22.0. The molecule has 0 aromatic heterocycles. The summed E-state index contributed by atoms with van der Waals surface area (Å²) in [6.45, 7) is 0.678. The van der Waals surface area contributed by atoms with Crippen LogP contribution in [0.15, 0.2) is 30.3 Å². The van der Waals surface area contributed by atoms with Gasteiger partial charge in [-0.1, -0.05) is 30.3 Å². The van der Waals surface area contributed by atoms with Gasteiger partial charge in [-0.05, 0) is 18.9 Å². The number of nitrogens with one attached hydrogen (secondary N) is 3. The molecule has 29 heavy (non-hydrogen) atoms. The summed E-state index contributed by atoms with van der Waals surface area (Å²) < 4.78 is 0. The Hall–Kier alpha value is -2.63. The lowest BCUT2D eigenvalue weighted by Gasteiger charge is -2.25. The Morgan fingerprint density at radius 1 is 1.07 bits per heavy atom. The third-order valence-electron chi connectivity index (χ3n) is 3.93. The summed E-state index contributed by atoms with van der Waals surface area (Å²) in [5, 5.41) is 25.3. The zero-order valence-electron chi connectivity index (χ0n) is 15.9. The highest BCUT2D eigenvalue weighted by Gasteiger charge is 2.30. The van der Waals surface area contributed by atoms with Crippen molar-refractivity contribution in [2.24, 2.45) is 5.73 Å². The Morgan fingerprint density at radius 3 is 2.21 bits per heavy atom. The fraction of sp³-hybridized carbons (Fsp3) is 0.444. The number of benzene rings is 1. The van der Waals surface area contributed by atoms with Crippen molar-refractivity contribution < 1.29 is 29.4 Å². The molecule has 11 heteroatoms. The molecule has 0 aliphatic rings. The molecule has 1 rings (SSSR count). The van der Waals surface area contributed by atoms with E-state index in [1.807, 2.05) is 6.07 Å². The summed E-state index contributed by atoms with van der Waals surface area (Å²) in [6, 6.07) is 5.58. The molecule has 4 atom stereocenters. The first-order chi connectivity index (χ1) is 13.6. The van der Waals surface area contributed by atoms with Gasteiger partial charge in [0.2, 0.25) is 17.7 Å². The first-order valence-electron chi connectivity index (χ1n) is 8.84. The normalized spacial score (nSPS) is 14.8. The number of rotatable bonds is 11. The van der Waals surface area contributed by atoms with Gasteiger partial charge < -0.3 is 31.9 Å². The van der Waals surface area contributed by atoms with Crippen LogP contribution in [0.5, 0.6) is 0 Å². The van der Waals surface area contributed by atoms with Gasteiger partial charge in [-0.25, -0.2) is 0 Å². The number of thiol groups is 1.